The lowest BCUT2D eigenvalue weighted by atomic mass is 9.72. The number of carboxylic acids is 1. The van der Waals surface area contributed by atoms with Crippen molar-refractivity contribution in [2.45, 2.75) is 117 Å². The van der Waals surface area contributed by atoms with Crippen molar-refractivity contribution >= 4 is 42.9 Å². The van der Waals surface area contributed by atoms with Gasteiger partial charge in [0.25, 0.3) is 5.91 Å². The standard InChI is InChI=1S/C27H46B2N2O8.C4H10O/c1-2-21(27(34)35)14-11-13-16-30-25(32)15-10-8-6-4-3-5-7-9-12-17-31-26(33)22-18-23(28(36)37)20-24(19-22)29(38)39;1-2-3-4-5/h18-21,36-39H,2-17H2,1H3,(H,30,32)(H,31,33)(H,34,35);5H,2-4H2,1H3/t21-;/m0./s1. The maximum Gasteiger partial charge on any atom is 0.488 e. The highest BCUT2D eigenvalue weighted by Crippen LogP contribution is 2.13. The maximum absolute atomic E-state index is 12.3. The molecule has 0 saturated heterocycles. The minimum atomic E-state index is -1.82. The van der Waals surface area contributed by atoms with Gasteiger partial charge < -0.3 is 40.9 Å². The minimum Gasteiger partial charge on any atom is -0.481 e. The molecule has 44 heavy (non-hydrogen) atoms. The number of aliphatic carboxylic acids is 1. The molecule has 1 aromatic carbocycles. The molecule has 0 unspecified atom stereocenters. The topological polar surface area (TPSA) is 197 Å². The quantitative estimate of drug-likeness (QED) is 0.0627. The Balaban J connectivity index is 0.00000340. The van der Waals surface area contributed by atoms with Crippen molar-refractivity contribution in [3.8, 4) is 0 Å². The van der Waals surface area contributed by atoms with Gasteiger partial charge in [-0.25, -0.2) is 0 Å². The van der Waals surface area contributed by atoms with Gasteiger partial charge in [-0.1, -0.05) is 77.7 Å². The molecular formula is C31H56B2N2O9. The third-order valence-electron chi connectivity index (χ3n) is 7.36. The number of aliphatic hydroxyl groups excluding tert-OH is 1. The fourth-order valence-corrected chi connectivity index (χ4v) is 4.55. The van der Waals surface area contributed by atoms with Crippen molar-refractivity contribution in [3.05, 3.63) is 23.8 Å². The maximum atomic E-state index is 12.3. The van der Waals surface area contributed by atoms with Gasteiger partial charge in [-0.15, -0.1) is 0 Å². The fraction of sp³-hybridized carbons (Fsp3) is 0.710. The van der Waals surface area contributed by atoms with Gasteiger partial charge in [0.2, 0.25) is 5.91 Å². The van der Waals surface area contributed by atoms with Crippen LogP contribution in [-0.4, -0.2) is 82.0 Å². The predicted octanol–water partition coefficient (Wildman–Crippen LogP) is 1.85. The van der Waals surface area contributed by atoms with E-state index in [-0.39, 0.29) is 28.3 Å². The number of carboxylic acid groups (broad SMARTS) is 1. The van der Waals surface area contributed by atoms with E-state index in [9.17, 15) is 34.5 Å². The van der Waals surface area contributed by atoms with Crippen LogP contribution in [0.15, 0.2) is 18.2 Å². The van der Waals surface area contributed by atoms with Gasteiger partial charge in [-0.05, 0) is 61.6 Å². The Morgan fingerprint density at radius 1 is 0.705 bits per heavy atom. The van der Waals surface area contributed by atoms with E-state index in [1.54, 1.807) is 0 Å². The highest BCUT2D eigenvalue weighted by atomic mass is 16.4. The predicted molar refractivity (Wildman–Crippen MR) is 175 cm³/mol. The second kappa shape index (κ2) is 26.9. The van der Waals surface area contributed by atoms with Crippen molar-refractivity contribution in [2.75, 3.05) is 19.7 Å². The van der Waals surface area contributed by atoms with Crippen LogP contribution in [0, 0.1) is 5.92 Å². The van der Waals surface area contributed by atoms with Crippen LogP contribution in [0.5, 0.6) is 0 Å². The first kappa shape index (κ1) is 41.6. The van der Waals surface area contributed by atoms with Crippen molar-refractivity contribution in [1.82, 2.24) is 10.6 Å². The van der Waals surface area contributed by atoms with Gasteiger partial charge in [0.05, 0.1) is 5.92 Å². The Hall–Kier alpha value is -2.44. The molecule has 0 radical (unpaired) electrons. The molecule has 0 aliphatic heterocycles. The molecule has 0 aliphatic carbocycles. The lowest BCUT2D eigenvalue weighted by Crippen LogP contribution is -2.40. The Bertz CT molecular complexity index is 892. The molecule has 0 spiro atoms. The first-order valence-corrected chi connectivity index (χ1v) is 16.3. The number of carbonyl (C=O) groups is 3. The summed E-state index contributed by atoms with van der Waals surface area (Å²) in [5, 5.41) is 60.2. The SMILES string of the molecule is CCCCO.CC[C@@H](CCCCNC(=O)CCCCCCCCCCCNC(=O)c1cc(B(O)O)cc(B(O)O)c1)C(=O)O. The molecule has 13 heteroatoms. The van der Waals surface area contributed by atoms with Crippen LogP contribution in [-0.2, 0) is 9.59 Å². The summed E-state index contributed by atoms with van der Waals surface area (Å²) < 4.78 is 0. The molecule has 0 bridgehead atoms. The smallest absolute Gasteiger partial charge is 0.481 e. The molecule has 8 N–H and O–H groups in total. The van der Waals surface area contributed by atoms with E-state index in [0.29, 0.717) is 39.0 Å². The van der Waals surface area contributed by atoms with Crippen LogP contribution in [0.2, 0.25) is 0 Å². The highest BCUT2D eigenvalue weighted by Gasteiger charge is 2.20. The third kappa shape index (κ3) is 21.3. The molecule has 0 aromatic heterocycles. The average Bonchev–Trinajstić information content (AvgIpc) is 2.99. The number of nitrogens with one attached hydrogen (secondary N) is 2. The van der Waals surface area contributed by atoms with Crippen molar-refractivity contribution in [3.63, 3.8) is 0 Å². The molecule has 0 saturated carbocycles. The molecule has 1 atom stereocenters. The van der Waals surface area contributed by atoms with E-state index in [0.717, 1.165) is 83.5 Å². The van der Waals surface area contributed by atoms with E-state index in [1.807, 2.05) is 6.92 Å². The Morgan fingerprint density at radius 3 is 1.66 bits per heavy atom. The number of carbonyl (C=O) groups excluding carboxylic acids is 2. The van der Waals surface area contributed by atoms with E-state index < -0.39 is 26.1 Å². The van der Waals surface area contributed by atoms with Crippen molar-refractivity contribution in [2.24, 2.45) is 5.92 Å². The third-order valence-corrected chi connectivity index (χ3v) is 7.36. The minimum absolute atomic E-state index is 0.0146. The van der Waals surface area contributed by atoms with Crippen LogP contribution in [0.1, 0.15) is 127 Å². The van der Waals surface area contributed by atoms with E-state index in [1.165, 1.54) is 18.2 Å². The van der Waals surface area contributed by atoms with Crippen LogP contribution in [0.4, 0.5) is 0 Å². The molecule has 11 nitrogen and oxygen atoms in total. The number of benzene rings is 1. The molecule has 250 valence electrons. The molecule has 0 heterocycles. The first-order valence-electron chi connectivity index (χ1n) is 16.3. The number of hydrogen-bond donors (Lipinski definition) is 8. The zero-order chi connectivity index (χ0) is 33.2. The Kier molecular flexibility index (Phi) is 25.4. The molecule has 0 aliphatic rings. The lowest BCUT2D eigenvalue weighted by molar-refractivity contribution is -0.142. The van der Waals surface area contributed by atoms with Gasteiger partial charge in [0, 0.05) is 31.7 Å². The summed E-state index contributed by atoms with van der Waals surface area (Å²) >= 11 is 0. The van der Waals surface area contributed by atoms with Crippen LogP contribution in [0.3, 0.4) is 0 Å². The van der Waals surface area contributed by atoms with Crippen LogP contribution < -0.4 is 21.6 Å². The Morgan fingerprint density at radius 2 is 1.20 bits per heavy atom. The normalized spacial score (nSPS) is 11.2. The van der Waals surface area contributed by atoms with E-state index >= 15 is 0 Å². The second-order valence-electron chi connectivity index (χ2n) is 11.2. The van der Waals surface area contributed by atoms with Crippen molar-refractivity contribution in [1.29, 1.82) is 0 Å². The molecule has 1 aromatic rings. The zero-order valence-corrected chi connectivity index (χ0v) is 26.8. The van der Waals surface area contributed by atoms with Crippen LogP contribution >= 0.6 is 0 Å². The molecule has 0 fully saturated rings. The van der Waals surface area contributed by atoms with Gasteiger partial charge in [0.1, 0.15) is 0 Å². The summed E-state index contributed by atoms with van der Waals surface area (Å²) in [7, 11) is -3.63. The number of unbranched alkanes of at least 4 members (excludes halogenated alkanes) is 10. The number of rotatable bonds is 24. The van der Waals surface area contributed by atoms with E-state index in [2.05, 4.69) is 17.6 Å². The van der Waals surface area contributed by atoms with E-state index in [4.69, 9.17) is 10.2 Å². The highest BCUT2D eigenvalue weighted by molar-refractivity contribution is 6.62. The Labute approximate surface area is 264 Å². The molecule has 2 amide bonds. The fourth-order valence-electron chi connectivity index (χ4n) is 4.55. The summed E-state index contributed by atoms with van der Waals surface area (Å²) in [5.41, 5.74) is 0.168. The first-order chi connectivity index (χ1) is 21.1. The number of aliphatic hydroxyl groups is 1. The van der Waals surface area contributed by atoms with Crippen molar-refractivity contribution < 1.29 is 44.7 Å². The summed E-state index contributed by atoms with van der Waals surface area (Å²) in [6.45, 7) is 5.36. The van der Waals surface area contributed by atoms with Crippen LogP contribution in [0.25, 0.3) is 0 Å². The average molecular weight is 622 g/mol. The van der Waals surface area contributed by atoms with Gasteiger partial charge in [-0.2, -0.15) is 0 Å². The van der Waals surface area contributed by atoms with Gasteiger partial charge in [-0.3, -0.25) is 14.4 Å². The van der Waals surface area contributed by atoms with Gasteiger partial charge in [0.15, 0.2) is 0 Å². The van der Waals surface area contributed by atoms with Gasteiger partial charge >= 0.3 is 20.2 Å². The lowest BCUT2D eigenvalue weighted by Gasteiger charge is -2.10. The summed E-state index contributed by atoms with van der Waals surface area (Å²) in [4.78, 5) is 35.2. The monoisotopic (exact) mass is 622 g/mol. The molecule has 1 rings (SSSR count). The summed E-state index contributed by atoms with van der Waals surface area (Å²) in [6, 6.07) is 3.85. The second-order valence-corrected chi connectivity index (χ2v) is 11.2. The zero-order valence-electron chi connectivity index (χ0n) is 26.8. The summed E-state index contributed by atoms with van der Waals surface area (Å²) in [5.74, 6) is -1.37. The molecular weight excluding hydrogens is 566 g/mol. The largest absolute Gasteiger partial charge is 0.488 e. The summed E-state index contributed by atoms with van der Waals surface area (Å²) in [6.07, 6.45) is 14.7. The number of amides is 2. The number of hydrogen-bond acceptors (Lipinski definition) is 8.